The summed E-state index contributed by atoms with van der Waals surface area (Å²) in [5, 5.41) is 1.83. The third-order valence-electron chi connectivity index (χ3n) is 8.02. The van der Waals surface area contributed by atoms with E-state index in [1.54, 1.807) is 5.57 Å². The van der Waals surface area contributed by atoms with Gasteiger partial charge < -0.3 is 12.4 Å². The first-order valence-corrected chi connectivity index (χ1v) is 23.2. The van der Waals surface area contributed by atoms with Crippen LogP contribution < -0.4 is 0 Å². The van der Waals surface area contributed by atoms with E-state index in [4.69, 9.17) is 23.6 Å². The van der Waals surface area contributed by atoms with Gasteiger partial charge in [0.25, 0.3) is 0 Å². The molecule has 3 atom stereocenters. The van der Waals surface area contributed by atoms with Gasteiger partial charge in [-0.05, 0) is 56.3 Å². The number of aryl methyl sites for hydroxylation is 1. The van der Waals surface area contributed by atoms with Gasteiger partial charge in [0.1, 0.15) is 0 Å². The molecule has 6 heteroatoms. The van der Waals surface area contributed by atoms with Crippen molar-refractivity contribution >= 4 is 39.6 Å². The summed E-state index contributed by atoms with van der Waals surface area (Å²) in [5.41, 5.74) is 4.34. The fourth-order valence-corrected chi connectivity index (χ4v) is 12.9. The molecule has 1 nitrogen and oxygen atoms in total. The molecule has 0 saturated heterocycles. The molecule has 0 spiro atoms. The second-order valence-corrected chi connectivity index (χ2v) is 28.8. The quantitative estimate of drug-likeness (QED) is 0.252. The predicted molar refractivity (Wildman–Crippen MR) is 153 cm³/mol. The van der Waals surface area contributed by atoms with Gasteiger partial charge in [0.2, 0.25) is 0 Å². The summed E-state index contributed by atoms with van der Waals surface area (Å²) in [6.07, 6.45) is 9.43. The minimum absolute atomic E-state index is 0. The summed E-state index contributed by atoms with van der Waals surface area (Å²) in [6.45, 7) is 22.1. The van der Waals surface area contributed by atoms with E-state index in [2.05, 4.69) is 97.2 Å². The summed E-state index contributed by atoms with van der Waals surface area (Å²) in [4.78, 5) is 5.52. The van der Waals surface area contributed by atoms with Crippen molar-refractivity contribution in [1.82, 2.24) is 0 Å². The fraction of sp³-hybridized carbons (Fsp3) is 0.593. The molecule has 0 heterocycles. The molecular formula is C27H45Cl2NSi2Ti-2. The summed E-state index contributed by atoms with van der Waals surface area (Å²) >= 11 is -0.556. The predicted octanol–water partition coefficient (Wildman–Crippen LogP) is 10.3. The van der Waals surface area contributed by atoms with Crippen LogP contribution in [0.1, 0.15) is 52.5 Å². The summed E-state index contributed by atoms with van der Waals surface area (Å²) in [6, 6.07) is 8.69. The summed E-state index contributed by atoms with van der Waals surface area (Å²) in [7, 11) is 6.28. The van der Waals surface area contributed by atoms with Gasteiger partial charge in [-0.15, -0.1) is 5.69 Å². The van der Waals surface area contributed by atoms with E-state index < -0.39 is 32.4 Å². The molecule has 0 bridgehead atoms. The van der Waals surface area contributed by atoms with Crippen LogP contribution >= 0.6 is 18.6 Å². The zero-order valence-corrected chi connectivity index (χ0v) is 27.6. The van der Waals surface area contributed by atoms with Crippen molar-refractivity contribution < 1.29 is 17.0 Å². The van der Waals surface area contributed by atoms with Crippen LogP contribution in [0.5, 0.6) is 0 Å². The molecule has 1 fully saturated rings. The third-order valence-corrected chi connectivity index (χ3v) is 24.2. The van der Waals surface area contributed by atoms with Crippen LogP contribution in [0.2, 0.25) is 26.2 Å². The molecule has 3 rings (SSSR count). The van der Waals surface area contributed by atoms with Crippen LogP contribution in [-0.4, -0.2) is 15.3 Å². The Bertz CT molecular complexity index is 843. The third kappa shape index (κ3) is 7.37. The molecule has 2 aliphatic carbocycles. The Kier molecular flexibility index (Phi) is 11.8. The number of fused-ring (bicyclic) bond motifs is 1. The van der Waals surface area contributed by atoms with Crippen molar-refractivity contribution in [2.75, 3.05) is 0 Å². The van der Waals surface area contributed by atoms with Gasteiger partial charge in [0, 0.05) is 0 Å². The van der Waals surface area contributed by atoms with Crippen LogP contribution in [0.3, 0.4) is 0 Å². The van der Waals surface area contributed by atoms with Gasteiger partial charge >= 0.3 is 35.6 Å². The van der Waals surface area contributed by atoms with Crippen LogP contribution in [-0.2, 0) is 17.0 Å². The van der Waals surface area contributed by atoms with Crippen LogP contribution in [0.25, 0.3) is 4.98 Å². The van der Waals surface area contributed by atoms with E-state index in [1.807, 2.05) is 5.20 Å². The minimum atomic E-state index is -1.80. The van der Waals surface area contributed by atoms with Gasteiger partial charge in [-0.3, -0.25) is 0 Å². The van der Waals surface area contributed by atoms with E-state index >= 15 is 0 Å². The molecule has 2 aliphatic rings. The molecule has 3 unspecified atom stereocenters. The maximum absolute atomic E-state index is 5.52. The Morgan fingerprint density at radius 3 is 2.15 bits per heavy atom. The molecule has 33 heavy (non-hydrogen) atoms. The summed E-state index contributed by atoms with van der Waals surface area (Å²) in [5.74, 6) is 2.42. The number of nitrogens with zero attached hydrogens (tertiary/aromatic N) is 1. The monoisotopic (exact) mass is 557 g/mol. The first-order chi connectivity index (χ1) is 14.8. The molecule has 0 radical (unpaired) electrons. The van der Waals surface area contributed by atoms with E-state index in [-0.39, 0.29) is 12.8 Å². The van der Waals surface area contributed by atoms with Gasteiger partial charge in [-0.2, -0.15) is 0 Å². The Morgan fingerprint density at radius 1 is 1.06 bits per heavy atom. The Balaban J connectivity index is 0.00000129. The second-order valence-electron chi connectivity index (χ2n) is 11.6. The van der Waals surface area contributed by atoms with E-state index in [1.165, 1.54) is 30.5 Å². The Labute approximate surface area is 223 Å². The van der Waals surface area contributed by atoms with Gasteiger partial charge in [0.05, 0.1) is 7.59 Å². The van der Waals surface area contributed by atoms with Gasteiger partial charge in [-0.25, -0.2) is 0 Å². The SMILES string of the molecule is CCC1CC2C=C(C(C)(C)C)C=C([Si](C)(C)[Si](C)(C)[N-]c3ccccc3C)C2C1.[CH3-].[Cl][Ti][Cl]. The molecule has 0 amide bonds. The summed E-state index contributed by atoms with van der Waals surface area (Å²) < 4.78 is 0. The normalized spacial score (nSPS) is 22.7. The number of halogens is 2. The number of benzene rings is 1. The first-order valence-electron chi connectivity index (χ1n) is 12.0. The standard InChI is InChI=1S/C26H42NSi2.CH3.2ClH.Ti/c1-10-20-15-21-17-22(26(3,4)5)18-25(23(21)16-20)28(6,7)29(8,9)27-24-14-12-11-13-19(24)2;;;;/h11-14,17-18,20-21,23H,10,15-16H2,1-9H3;1H3;2*1H;/q2*-1;;;+2/p-2. The van der Waals surface area contributed by atoms with Crippen molar-refractivity contribution in [2.45, 2.75) is 80.1 Å². The first kappa shape index (κ1) is 31.3. The zero-order valence-electron chi connectivity index (χ0n) is 22.5. The second kappa shape index (κ2) is 12.5. The fourth-order valence-electron chi connectivity index (χ4n) is 5.20. The van der Waals surface area contributed by atoms with Crippen molar-refractivity contribution in [1.29, 1.82) is 0 Å². The van der Waals surface area contributed by atoms with Crippen molar-refractivity contribution in [2.24, 2.45) is 23.2 Å². The van der Waals surface area contributed by atoms with Crippen LogP contribution in [0, 0.1) is 37.5 Å². The van der Waals surface area contributed by atoms with Crippen molar-refractivity contribution in [3.63, 3.8) is 0 Å². The molecule has 186 valence electrons. The van der Waals surface area contributed by atoms with E-state index in [9.17, 15) is 0 Å². The number of allylic oxidation sites excluding steroid dienone is 4. The molecule has 0 aromatic heterocycles. The Hall–Kier alpha value is 0.228. The molecule has 0 N–H and O–H groups in total. The van der Waals surface area contributed by atoms with Crippen molar-refractivity contribution in [3.05, 3.63) is 65.2 Å². The average molecular weight is 559 g/mol. The van der Waals surface area contributed by atoms with Crippen LogP contribution in [0.15, 0.2) is 47.2 Å². The molecule has 0 aliphatic heterocycles. The molecule has 1 saturated carbocycles. The number of rotatable bonds is 5. The molecule has 1 aromatic rings. The van der Waals surface area contributed by atoms with Crippen molar-refractivity contribution in [3.8, 4) is 0 Å². The van der Waals surface area contributed by atoms with Gasteiger partial charge in [-0.1, -0.05) is 107 Å². The average Bonchev–Trinajstić information content (AvgIpc) is 3.12. The number of hydrogen-bond acceptors (Lipinski definition) is 0. The van der Waals surface area contributed by atoms with E-state index in [0.717, 1.165) is 17.8 Å². The molecule has 1 aromatic carbocycles. The zero-order chi connectivity index (χ0) is 24.3. The topological polar surface area (TPSA) is 14.1 Å². The Morgan fingerprint density at radius 2 is 1.64 bits per heavy atom. The van der Waals surface area contributed by atoms with Crippen LogP contribution in [0.4, 0.5) is 5.69 Å². The maximum atomic E-state index is 5.52. The van der Waals surface area contributed by atoms with E-state index in [0.29, 0.717) is 0 Å². The molecular weight excluding hydrogens is 513 g/mol. The number of hydrogen-bond donors (Lipinski definition) is 0. The van der Waals surface area contributed by atoms with Gasteiger partial charge in [0.15, 0.2) is 0 Å².